The van der Waals surface area contributed by atoms with Crippen LogP contribution >= 0.6 is 11.6 Å². The number of methoxy groups -OCH3 is 1. The van der Waals surface area contributed by atoms with E-state index in [0.29, 0.717) is 17.5 Å². The Labute approximate surface area is 132 Å². The molecule has 2 unspecified atom stereocenters. The topological polar surface area (TPSA) is 44.5 Å². The Balaban J connectivity index is 2.24. The fraction of sp³-hybridized carbons (Fsp3) is 0.647. The van der Waals surface area contributed by atoms with Gasteiger partial charge < -0.3 is 15.2 Å². The fourth-order valence-electron chi connectivity index (χ4n) is 3.33. The van der Waals surface area contributed by atoms with Gasteiger partial charge in [0.15, 0.2) is 0 Å². The summed E-state index contributed by atoms with van der Waals surface area (Å²) in [6.45, 7) is 2.70. The number of hydrogen-bond acceptors (Lipinski definition) is 3. The van der Waals surface area contributed by atoms with Crippen molar-refractivity contribution in [3.8, 4) is 5.75 Å². The van der Waals surface area contributed by atoms with Crippen molar-refractivity contribution in [2.24, 2.45) is 11.7 Å². The Morgan fingerprint density at radius 1 is 1.29 bits per heavy atom. The Hall–Kier alpha value is -0.770. The molecular formula is C17H26ClNO2. The molecule has 0 aromatic heterocycles. The quantitative estimate of drug-likeness (QED) is 0.850. The molecule has 2 N–H and O–H groups in total. The Kier molecular flexibility index (Phi) is 6.34. The monoisotopic (exact) mass is 311 g/mol. The molecule has 3 nitrogen and oxygen atoms in total. The first-order chi connectivity index (χ1) is 10.2. The predicted octanol–water partition coefficient (Wildman–Crippen LogP) is 4.33. The molecule has 0 heterocycles. The molecule has 1 aromatic carbocycles. The van der Waals surface area contributed by atoms with E-state index in [4.69, 9.17) is 26.8 Å². The number of benzene rings is 1. The lowest BCUT2D eigenvalue weighted by molar-refractivity contribution is -0.0102. The maximum absolute atomic E-state index is 6.54. The fourth-order valence-corrected chi connectivity index (χ4v) is 3.51. The molecule has 1 saturated carbocycles. The van der Waals surface area contributed by atoms with Crippen molar-refractivity contribution in [3.63, 3.8) is 0 Å². The van der Waals surface area contributed by atoms with Crippen molar-refractivity contribution in [1.82, 2.24) is 0 Å². The van der Waals surface area contributed by atoms with Gasteiger partial charge in [-0.15, -0.1) is 0 Å². The van der Waals surface area contributed by atoms with Gasteiger partial charge in [-0.05, 0) is 43.9 Å². The van der Waals surface area contributed by atoms with Gasteiger partial charge in [0.1, 0.15) is 5.75 Å². The predicted molar refractivity (Wildman–Crippen MR) is 86.9 cm³/mol. The summed E-state index contributed by atoms with van der Waals surface area (Å²) < 4.78 is 11.5. The first-order valence-corrected chi connectivity index (χ1v) is 8.25. The Morgan fingerprint density at radius 2 is 2.00 bits per heavy atom. The Morgan fingerprint density at radius 3 is 2.62 bits per heavy atom. The lowest BCUT2D eigenvalue weighted by Gasteiger charge is -2.34. The minimum atomic E-state index is -0.207. The highest BCUT2D eigenvalue weighted by molar-refractivity contribution is 6.30. The normalized spacial score (nSPS) is 19.2. The standard InChI is InChI=1S/C17H26ClNO2/c1-3-21-17(12-7-5-4-6-8-12)16(19)14-11-13(18)9-10-15(14)20-2/h9-12,16-17H,3-8,19H2,1-2H3. The van der Waals surface area contributed by atoms with E-state index in [1.165, 1.54) is 32.1 Å². The van der Waals surface area contributed by atoms with Crippen LogP contribution in [0.1, 0.15) is 50.6 Å². The zero-order valence-electron chi connectivity index (χ0n) is 13.0. The third kappa shape index (κ3) is 4.12. The third-order valence-corrected chi connectivity index (χ3v) is 4.61. The van der Waals surface area contributed by atoms with Crippen molar-refractivity contribution >= 4 is 11.6 Å². The molecule has 1 aromatic rings. The van der Waals surface area contributed by atoms with Gasteiger partial charge in [-0.25, -0.2) is 0 Å². The van der Waals surface area contributed by atoms with Crippen molar-refractivity contribution in [3.05, 3.63) is 28.8 Å². The summed E-state index contributed by atoms with van der Waals surface area (Å²) >= 11 is 6.13. The van der Waals surface area contributed by atoms with Crippen molar-refractivity contribution in [2.75, 3.05) is 13.7 Å². The second-order valence-corrected chi connectivity index (χ2v) is 6.17. The maximum Gasteiger partial charge on any atom is 0.123 e. The summed E-state index contributed by atoms with van der Waals surface area (Å²) in [5, 5.41) is 0.681. The molecule has 0 saturated heterocycles. The van der Waals surface area contributed by atoms with Gasteiger partial charge in [0.25, 0.3) is 0 Å². The molecule has 1 aliphatic carbocycles. The van der Waals surface area contributed by atoms with Crippen LogP contribution in [-0.4, -0.2) is 19.8 Å². The average Bonchev–Trinajstić information content (AvgIpc) is 2.52. The minimum Gasteiger partial charge on any atom is -0.496 e. The molecule has 21 heavy (non-hydrogen) atoms. The van der Waals surface area contributed by atoms with Crippen LogP contribution in [0.4, 0.5) is 0 Å². The molecule has 4 heteroatoms. The van der Waals surface area contributed by atoms with E-state index in [2.05, 4.69) is 0 Å². The van der Waals surface area contributed by atoms with Crippen LogP contribution in [0, 0.1) is 5.92 Å². The van der Waals surface area contributed by atoms with Crippen LogP contribution in [0.15, 0.2) is 18.2 Å². The zero-order valence-corrected chi connectivity index (χ0v) is 13.7. The van der Waals surface area contributed by atoms with Gasteiger partial charge in [-0.1, -0.05) is 30.9 Å². The molecule has 1 aliphatic rings. The van der Waals surface area contributed by atoms with E-state index in [9.17, 15) is 0 Å². The lowest BCUT2D eigenvalue weighted by Crippen LogP contribution is -2.37. The van der Waals surface area contributed by atoms with Crippen LogP contribution in [0.2, 0.25) is 5.02 Å². The largest absolute Gasteiger partial charge is 0.496 e. The van der Waals surface area contributed by atoms with Crippen LogP contribution in [0.25, 0.3) is 0 Å². The van der Waals surface area contributed by atoms with Crippen LogP contribution in [0.3, 0.4) is 0 Å². The third-order valence-electron chi connectivity index (χ3n) is 4.38. The van der Waals surface area contributed by atoms with Crippen molar-refractivity contribution < 1.29 is 9.47 Å². The second kappa shape index (κ2) is 8.02. The van der Waals surface area contributed by atoms with E-state index in [-0.39, 0.29) is 12.1 Å². The van der Waals surface area contributed by atoms with Gasteiger partial charge in [0, 0.05) is 17.2 Å². The van der Waals surface area contributed by atoms with Gasteiger partial charge in [0.05, 0.1) is 19.3 Å². The zero-order chi connectivity index (χ0) is 15.2. The molecule has 1 fully saturated rings. The van der Waals surface area contributed by atoms with E-state index in [0.717, 1.165) is 11.3 Å². The van der Waals surface area contributed by atoms with Crippen molar-refractivity contribution in [2.45, 2.75) is 51.2 Å². The average molecular weight is 312 g/mol. The summed E-state index contributed by atoms with van der Waals surface area (Å²) in [4.78, 5) is 0. The molecule has 0 spiro atoms. The lowest BCUT2D eigenvalue weighted by atomic mass is 9.81. The molecule has 118 valence electrons. The van der Waals surface area contributed by atoms with E-state index in [1.807, 2.05) is 25.1 Å². The van der Waals surface area contributed by atoms with Gasteiger partial charge in [0.2, 0.25) is 0 Å². The molecule has 0 radical (unpaired) electrons. The van der Waals surface area contributed by atoms with Gasteiger partial charge in [-0.2, -0.15) is 0 Å². The summed E-state index contributed by atoms with van der Waals surface area (Å²) in [7, 11) is 1.66. The highest BCUT2D eigenvalue weighted by atomic mass is 35.5. The summed E-state index contributed by atoms with van der Waals surface area (Å²) in [5.74, 6) is 1.31. The maximum atomic E-state index is 6.54. The van der Waals surface area contributed by atoms with E-state index < -0.39 is 0 Å². The number of hydrogen-bond donors (Lipinski definition) is 1. The van der Waals surface area contributed by atoms with Gasteiger partial charge >= 0.3 is 0 Å². The molecule has 0 bridgehead atoms. The summed E-state index contributed by atoms with van der Waals surface area (Å²) in [6.07, 6.45) is 6.29. The minimum absolute atomic E-state index is 0.0302. The highest BCUT2D eigenvalue weighted by Gasteiger charge is 2.31. The van der Waals surface area contributed by atoms with Crippen LogP contribution in [0.5, 0.6) is 5.75 Å². The molecule has 2 atom stereocenters. The SMILES string of the molecule is CCOC(C1CCCCC1)C(N)c1cc(Cl)ccc1OC. The van der Waals surface area contributed by atoms with E-state index >= 15 is 0 Å². The number of rotatable bonds is 6. The first-order valence-electron chi connectivity index (χ1n) is 7.88. The summed E-state index contributed by atoms with van der Waals surface area (Å²) in [5.41, 5.74) is 7.48. The second-order valence-electron chi connectivity index (χ2n) is 5.73. The molecule has 0 amide bonds. The summed E-state index contributed by atoms with van der Waals surface area (Å²) in [6, 6.07) is 5.40. The van der Waals surface area contributed by atoms with Gasteiger partial charge in [-0.3, -0.25) is 0 Å². The molecular weight excluding hydrogens is 286 g/mol. The number of nitrogens with two attached hydrogens (primary N) is 1. The highest BCUT2D eigenvalue weighted by Crippen LogP contribution is 2.36. The van der Waals surface area contributed by atoms with Crippen LogP contribution < -0.4 is 10.5 Å². The van der Waals surface area contributed by atoms with Crippen molar-refractivity contribution in [1.29, 1.82) is 0 Å². The molecule has 0 aliphatic heterocycles. The van der Waals surface area contributed by atoms with E-state index in [1.54, 1.807) is 7.11 Å². The Bertz CT molecular complexity index is 446. The number of halogens is 1. The molecule has 2 rings (SSSR count). The smallest absolute Gasteiger partial charge is 0.123 e. The van der Waals surface area contributed by atoms with Crippen LogP contribution in [-0.2, 0) is 4.74 Å². The first kappa shape index (κ1) is 16.6. The number of ether oxygens (including phenoxy) is 2.